The smallest absolute Gasteiger partial charge is 0.221 e. The third-order valence-electron chi connectivity index (χ3n) is 2.23. The minimum atomic E-state index is -0.0363. The Morgan fingerprint density at radius 2 is 2.12 bits per heavy atom. The summed E-state index contributed by atoms with van der Waals surface area (Å²) in [6.45, 7) is 0.923. The second-order valence-corrected chi connectivity index (χ2v) is 4.34. The van der Waals surface area contributed by atoms with E-state index in [1.807, 2.05) is 0 Å². The fraction of sp³-hybridized carbons (Fsp3) is 0.364. The number of hydrogen-bond donors (Lipinski definition) is 3. The maximum absolute atomic E-state index is 11.0. The van der Waals surface area contributed by atoms with Gasteiger partial charge in [-0.15, -0.1) is 0 Å². The third kappa shape index (κ3) is 4.42. The highest BCUT2D eigenvalue weighted by Gasteiger charge is 2.07. The molecule has 0 aliphatic carbocycles. The van der Waals surface area contributed by atoms with E-state index in [0.717, 1.165) is 0 Å². The van der Waals surface area contributed by atoms with Crippen LogP contribution in [0.2, 0.25) is 10.0 Å². The van der Waals surface area contributed by atoms with E-state index in [2.05, 4.69) is 10.6 Å². The Bertz CT molecular complexity index is 411. The molecule has 1 amide bonds. The van der Waals surface area contributed by atoms with Gasteiger partial charge in [0.05, 0.1) is 5.02 Å². The van der Waals surface area contributed by atoms with Gasteiger partial charge in [-0.05, 0) is 12.1 Å². The van der Waals surface area contributed by atoms with Crippen LogP contribution in [0.3, 0.4) is 0 Å². The molecular formula is C11H14Cl2N2O2. The molecule has 0 fully saturated rings. The standard InChI is InChI=1S/C11H14Cl2N2O2/c1-14-10(16)2-3-15-6-7-4-8(12)5-9(13)11(7)17/h4-5,15,17H,2-3,6H2,1H3,(H,14,16). The van der Waals surface area contributed by atoms with E-state index >= 15 is 0 Å². The van der Waals surface area contributed by atoms with Crippen LogP contribution in [0.15, 0.2) is 12.1 Å². The Kier molecular flexibility index (Phi) is 5.55. The van der Waals surface area contributed by atoms with Crippen LogP contribution in [0.5, 0.6) is 5.75 Å². The topological polar surface area (TPSA) is 61.4 Å². The molecule has 1 aromatic carbocycles. The van der Waals surface area contributed by atoms with Gasteiger partial charge in [0.15, 0.2) is 0 Å². The molecule has 17 heavy (non-hydrogen) atoms. The number of halogens is 2. The molecular weight excluding hydrogens is 263 g/mol. The number of aromatic hydroxyl groups is 1. The Balaban J connectivity index is 2.49. The molecule has 0 heterocycles. The number of phenols is 1. The van der Waals surface area contributed by atoms with E-state index in [-0.39, 0.29) is 16.7 Å². The lowest BCUT2D eigenvalue weighted by atomic mass is 10.2. The molecule has 0 atom stereocenters. The van der Waals surface area contributed by atoms with E-state index in [1.54, 1.807) is 13.1 Å². The number of phenolic OH excluding ortho intramolecular Hbond substituents is 1. The molecule has 0 aromatic heterocycles. The summed E-state index contributed by atoms with van der Waals surface area (Å²) in [4.78, 5) is 11.0. The molecule has 3 N–H and O–H groups in total. The minimum absolute atomic E-state index is 0.0171. The van der Waals surface area contributed by atoms with Gasteiger partial charge in [0.25, 0.3) is 0 Å². The molecule has 0 radical (unpaired) electrons. The van der Waals surface area contributed by atoms with Crippen molar-refractivity contribution in [2.75, 3.05) is 13.6 Å². The lowest BCUT2D eigenvalue weighted by molar-refractivity contribution is -0.120. The summed E-state index contributed by atoms with van der Waals surface area (Å²) < 4.78 is 0. The molecule has 0 spiro atoms. The van der Waals surface area contributed by atoms with Crippen LogP contribution in [-0.2, 0) is 11.3 Å². The van der Waals surface area contributed by atoms with Crippen molar-refractivity contribution in [3.05, 3.63) is 27.7 Å². The second kappa shape index (κ2) is 6.69. The summed E-state index contributed by atoms with van der Waals surface area (Å²) in [5.41, 5.74) is 0.611. The van der Waals surface area contributed by atoms with Crippen molar-refractivity contribution in [3.8, 4) is 5.75 Å². The maximum Gasteiger partial charge on any atom is 0.221 e. The Morgan fingerprint density at radius 3 is 2.76 bits per heavy atom. The Labute approximate surface area is 110 Å². The SMILES string of the molecule is CNC(=O)CCNCc1cc(Cl)cc(Cl)c1O. The molecule has 0 saturated heterocycles. The molecule has 6 heteroatoms. The van der Waals surface area contributed by atoms with Gasteiger partial charge in [0.2, 0.25) is 5.91 Å². The summed E-state index contributed by atoms with van der Waals surface area (Å²) >= 11 is 11.6. The predicted molar refractivity (Wildman–Crippen MR) is 68.5 cm³/mol. The van der Waals surface area contributed by atoms with Crippen molar-refractivity contribution in [3.63, 3.8) is 0 Å². The Hall–Kier alpha value is -0.970. The maximum atomic E-state index is 11.0. The van der Waals surface area contributed by atoms with Crippen LogP contribution in [-0.4, -0.2) is 24.6 Å². The first-order valence-electron chi connectivity index (χ1n) is 5.12. The zero-order valence-corrected chi connectivity index (χ0v) is 10.9. The zero-order valence-electron chi connectivity index (χ0n) is 9.39. The second-order valence-electron chi connectivity index (χ2n) is 3.50. The molecule has 1 rings (SSSR count). The van der Waals surface area contributed by atoms with Gasteiger partial charge in [-0.2, -0.15) is 0 Å². The third-order valence-corrected chi connectivity index (χ3v) is 2.74. The molecule has 1 aromatic rings. The summed E-state index contributed by atoms with van der Waals surface area (Å²) in [7, 11) is 1.59. The first-order valence-corrected chi connectivity index (χ1v) is 5.88. The molecule has 0 saturated carbocycles. The number of rotatable bonds is 5. The van der Waals surface area contributed by atoms with E-state index in [1.165, 1.54) is 6.07 Å². The zero-order chi connectivity index (χ0) is 12.8. The van der Waals surface area contributed by atoms with E-state index < -0.39 is 0 Å². The van der Waals surface area contributed by atoms with Crippen molar-refractivity contribution in [1.82, 2.24) is 10.6 Å². The minimum Gasteiger partial charge on any atom is -0.506 e. The highest BCUT2D eigenvalue weighted by Crippen LogP contribution is 2.30. The molecule has 0 bridgehead atoms. The first kappa shape index (κ1) is 14.1. The van der Waals surface area contributed by atoms with Crippen molar-refractivity contribution in [1.29, 1.82) is 0 Å². The summed E-state index contributed by atoms with van der Waals surface area (Å²) in [6.07, 6.45) is 0.381. The normalized spacial score (nSPS) is 10.3. The van der Waals surface area contributed by atoms with Crippen molar-refractivity contribution < 1.29 is 9.90 Å². The summed E-state index contributed by atoms with van der Waals surface area (Å²) in [5, 5.41) is 15.9. The van der Waals surface area contributed by atoms with Crippen LogP contribution in [0.25, 0.3) is 0 Å². The molecule has 0 unspecified atom stereocenters. The van der Waals surface area contributed by atoms with Crippen LogP contribution >= 0.6 is 23.2 Å². The highest BCUT2D eigenvalue weighted by atomic mass is 35.5. The summed E-state index contributed by atoms with van der Waals surface area (Å²) in [6, 6.07) is 3.11. The van der Waals surface area contributed by atoms with E-state index in [9.17, 15) is 9.90 Å². The number of nitrogens with one attached hydrogen (secondary N) is 2. The number of carbonyl (C=O) groups is 1. The van der Waals surface area contributed by atoms with Crippen LogP contribution in [0.4, 0.5) is 0 Å². The fourth-order valence-corrected chi connectivity index (χ4v) is 1.84. The average Bonchev–Trinajstić information content (AvgIpc) is 2.30. The van der Waals surface area contributed by atoms with Gasteiger partial charge < -0.3 is 15.7 Å². The van der Waals surface area contributed by atoms with E-state index in [4.69, 9.17) is 23.2 Å². The van der Waals surface area contributed by atoms with Crippen molar-refractivity contribution in [2.24, 2.45) is 0 Å². The molecule has 0 aliphatic rings. The lowest BCUT2D eigenvalue weighted by Gasteiger charge is -2.08. The quantitative estimate of drug-likeness (QED) is 0.721. The predicted octanol–water partition coefficient (Wildman–Crippen LogP) is 1.92. The average molecular weight is 277 g/mol. The van der Waals surface area contributed by atoms with Crippen LogP contribution in [0.1, 0.15) is 12.0 Å². The van der Waals surface area contributed by atoms with Crippen LogP contribution < -0.4 is 10.6 Å². The van der Waals surface area contributed by atoms with E-state index in [0.29, 0.717) is 30.1 Å². The lowest BCUT2D eigenvalue weighted by Crippen LogP contribution is -2.24. The number of hydrogen-bond acceptors (Lipinski definition) is 3. The first-order chi connectivity index (χ1) is 8.04. The molecule has 4 nitrogen and oxygen atoms in total. The monoisotopic (exact) mass is 276 g/mol. The van der Waals surface area contributed by atoms with Gasteiger partial charge >= 0.3 is 0 Å². The highest BCUT2D eigenvalue weighted by molar-refractivity contribution is 6.35. The largest absolute Gasteiger partial charge is 0.506 e. The molecule has 94 valence electrons. The molecule has 0 aliphatic heterocycles. The van der Waals surface area contributed by atoms with Crippen LogP contribution in [0, 0.1) is 0 Å². The fourth-order valence-electron chi connectivity index (χ4n) is 1.30. The van der Waals surface area contributed by atoms with Gasteiger partial charge in [-0.3, -0.25) is 4.79 Å². The number of benzene rings is 1. The Morgan fingerprint density at radius 1 is 1.41 bits per heavy atom. The van der Waals surface area contributed by atoms with Gasteiger partial charge in [0, 0.05) is 37.1 Å². The van der Waals surface area contributed by atoms with Crippen molar-refractivity contribution in [2.45, 2.75) is 13.0 Å². The number of amides is 1. The van der Waals surface area contributed by atoms with Gasteiger partial charge in [-0.1, -0.05) is 23.2 Å². The van der Waals surface area contributed by atoms with Gasteiger partial charge in [-0.25, -0.2) is 0 Å². The van der Waals surface area contributed by atoms with Crippen molar-refractivity contribution >= 4 is 29.1 Å². The summed E-state index contributed by atoms with van der Waals surface area (Å²) in [5.74, 6) is -0.0191. The van der Waals surface area contributed by atoms with Gasteiger partial charge in [0.1, 0.15) is 5.75 Å². The number of carbonyl (C=O) groups excluding carboxylic acids is 1.